The van der Waals surface area contributed by atoms with Crippen molar-refractivity contribution in [2.24, 2.45) is 0 Å². The Morgan fingerprint density at radius 3 is 2.45 bits per heavy atom. The molecular weight excluding hydrogens is 147 g/mol. The fraction of sp³-hybridized carbons (Fsp3) is 1.00. The van der Waals surface area contributed by atoms with Crippen molar-refractivity contribution in [3.05, 3.63) is 0 Å². The van der Waals surface area contributed by atoms with E-state index in [0.29, 0.717) is 26.3 Å². The molecule has 1 rings (SSSR count). The van der Waals surface area contributed by atoms with Gasteiger partial charge >= 0.3 is 0 Å². The van der Waals surface area contributed by atoms with Crippen LogP contribution in [0.2, 0.25) is 0 Å². The molecule has 1 heterocycles. The average Bonchev–Trinajstić information content (AvgIpc) is 2.06. The van der Waals surface area contributed by atoms with E-state index in [9.17, 15) is 4.39 Å². The Morgan fingerprint density at radius 2 is 2.00 bits per heavy atom. The fourth-order valence-corrected chi connectivity index (χ4v) is 1.14. The van der Waals surface area contributed by atoms with Gasteiger partial charge in [-0.25, -0.2) is 4.39 Å². The molecule has 0 radical (unpaired) electrons. The number of hydrogen-bond donors (Lipinski definition) is 1. The molecular formula is C7H15FN2O. The van der Waals surface area contributed by atoms with Crippen molar-refractivity contribution in [3.8, 4) is 0 Å². The van der Waals surface area contributed by atoms with Crippen LogP contribution in [0.4, 0.5) is 4.39 Å². The summed E-state index contributed by atoms with van der Waals surface area (Å²) in [5.41, 5.74) is 0. The number of nitrogens with zero attached hydrogens (tertiary/aromatic N) is 1. The maximum atomic E-state index is 13.5. The fourth-order valence-electron chi connectivity index (χ4n) is 1.14. The lowest BCUT2D eigenvalue weighted by atomic mass is 10.3. The molecule has 1 aliphatic rings. The van der Waals surface area contributed by atoms with Crippen molar-refractivity contribution < 1.29 is 9.13 Å². The van der Waals surface area contributed by atoms with Gasteiger partial charge in [-0.05, 0) is 14.0 Å². The van der Waals surface area contributed by atoms with Crippen LogP contribution in [0.3, 0.4) is 0 Å². The highest BCUT2D eigenvalue weighted by Crippen LogP contribution is 2.13. The second-order valence-electron chi connectivity index (χ2n) is 2.80. The quantitative estimate of drug-likeness (QED) is 0.586. The van der Waals surface area contributed by atoms with Gasteiger partial charge in [-0.3, -0.25) is 10.2 Å². The van der Waals surface area contributed by atoms with Gasteiger partial charge in [-0.2, -0.15) is 0 Å². The Labute approximate surface area is 66.5 Å². The minimum Gasteiger partial charge on any atom is -0.379 e. The van der Waals surface area contributed by atoms with E-state index in [0.717, 1.165) is 0 Å². The monoisotopic (exact) mass is 162 g/mol. The van der Waals surface area contributed by atoms with Crippen molar-refractivity contribution in [2.45, 2.75) is 12.8 Å². The van der Waals surface area contributed by atoms with Gasteiger partial charge in [0.1, 0.15) is 0 Å². The lowest BCUT2D eigenvalue weighted by Gasteiger charge is -2.36. The second-order valence-corrected chi connectivity index (χ2v) is 2.80. The topological polar surface area (TPSA) is 24.5 Å². The van der Waals surface area contributed by atoms with Crippen LogP contribution in [-0.2, 0) is 4.74 Å². The van der Waals surface area contributed by atoms with E-state index >= 15 is 0 Å². The van der Waals surface area contributed by atoms with Crippen LogP contribution < -0.4 is 5.32 Å². The molecule has 1 N–H and O–H groups in total. The van der Waals surface area contributed by atoms with Crippen molar-refractivity contribution in [2.75, 3.05) is 33.4 Å². The molecule has 3 nitrogen and oxygen atoms in total. The highest BCUT2D eigenvalue weighted by atomic mass is 19.1. The second kappa shape index (κ2) is 3.47. The molecule has 0 aromatic rings. The van der Waals surface area contributed by atoms with E-state index < -0.39 is 5.92 Å². The molecule has 66 valence electrons. The molecule has 0 unspecified atom stereocenters. The Kier molecular flexibility index (Phi) is 2.81. The van der Waals surface area contributed by atoms with Gasteiger partial charge in [0.25, 0.3) is 0 Å². The van der Waals surface area contributed by atoms with Crippen LogP contribution in [-0.4, -0.2) is 44.2 Å². The minimum atomic E-state index is -1.39. The third-order valence-electron chi connectivity index (χ3n) is 2.06. The minimum absolute atomic E-state index is 0.626. The number of hydrogen-bond acceptors (Lipinski definition) is 3. The van der Waals surface area contributed by atoms with E-state index in [4.69, 9.17) is 4.74 Å². The summed E-state index contributed by atoms with van der Waals surface area (Å²) < 4.78 is 18.6. The summed E-state index contributed by atoms with van der Waals surface area (Å²) in [5, 5.41) is 2.61. The van der Waals surface area contributed by atoms with Gasteiger partial charge in [0.2, 0.25) is 5.92 Å². The first-order valence-electron chi connectivity index (χ1n) is 3.87. The van der Waals surface area contributed by atoms with Gasteiger partial charge in [0.05, 0.1) is 13.2 Å². The molecule has 0 aromatic heterocycles. The number of ether oxygens (including phenoxy) is 1. The van der Waals surface area contributed by atoms with Crippen molar-refractivity contribution in [1.82, 2.24) is 10.2 Å². The van der Waals surface area contributed by atoms with Crippen molar-refractivity contribution in [1.29, 1.82) is 0 Å². The molecule has 1 saturated heterocycles. The molecule has 1 fully saturated rings. The smallest absolute Gasteiger partial charge is 0.215 e. The number of alkyl halides is 1. The van der Waals surface area contributed by atoms with Crippen molar-refractivity contribution in [3.63, 3.8) is 0 Å². The molecule has 1 aliphatic heterocycles. The van der Waals surface area contributed by atoms with Crippen LogP contribution in [0.5, 0.6) is 0 Å². The molecule has 0 bridgehead atoms. The van der Waals surface area contributed by atoms with Gasteiger partial charge in [-0.1, -0.05) is 0 Å². The van der Waals surface area contributed by atoms with Gasteiger partial charge in [-0.15, -0.1) is 0 Å². The van der Waals surface area contributed by atoms with E-state index in [-0.39, 0.29) is 0 Å². The predicted octanol–water partition coefficient (Wildman–Crippen LogP) is 0.181. The summed E-state index contributed by atoms with van der Waals surface area (Å²) in [4.78, 5) is 1.73. The molecule has 0 amide bonds. The highest BCUT2D eigenvalue weighted by molar-refractivity contribution is 4.73. The lowest BCUT2D eigenvalue weighted by molar-refractivity contribution is -0.0925. The summed E-state index contributed by atoms with van der Waals surface area (Å²) in [5.74, 6) is -1.39. The van der Waals surface area contributed by atoms with Crippen molar-refractivity contribution >= 4 is 0 Å². The highest BCUT2D eigenvalue weighted by Gasteiger charge is 2.30. The SMILES string of the molecule is CN[C@](C)(F)N1CCOCC1. The van der Waals surface area contributed by atoms with Gasteiger partial charge < -0.3 is 4.74 Å². The van der Waals surface area contributed by atoms with Crippen LogP contribution >= 0.6 is 0 Å². The largest absolute Gasteiger partial charge is 0.379 e. The average molecular weight is 162 g/mol. The molecule has 0 aliphatic carbocycles. The Morgan fingerprint density at radius 1 is 1.45 bits per heavy atom. The summed E-state index contributed by atoms with van der Waals surface area (Å²) in [6, 6.07) is 0. The third kappa shape index (κ3) is 2.12. The first kappa shape index (κ1) is 8.90. The Hall–Kier alpha value is -0.190. The van der Waals surface area contributed by atoms with Crippen LogP contribution in [0.1, 0.15) is 6.92 Å². The number of nitrogens with one attached hydrogen (secondary N) is 1. The van der Waals surface area contributed by atoms with E-state index in [1.807, 2.05) is 0 Å². The zero-order valence-corrected chi connectivity index (χ0v) is 7.06. The third-order valence-corrected chi connectivity index (χ3v) is 2.06. The first-order chi connectivity index (χ1) is 5.17. The summed E-state index contributed by atoms with van der Waals surface area (Å²) >= 11 is 0. The van der Waals surface area contributed by atoms with Gasteiger partial charge in [0.15, 0.2) is 0 Å². The standard InChI is InChI=1S/C7H15FN2O/c1-7(8,9-2)10-3-5-11-6-4-10/h9H,3-6H2,1-2H3/t7-/m0/s1. The molecule has 0 aromatic carbocycles. The van der Waals surface area contributed by atoms with Crippen LogP contribution in [0, 0.1) is 0 Å². The zero-order valence-electron chi connectivity index (χ0n) is 7.06. The summed E-state index contributed by atoms with van der Waals surface area (Å²) in [6.07, 6.45) is 0. The first-order valence-corrected chi connectivity index (χ1v) is 3.87. The van der Waals surface area contributed by atoms with Crippen LogP contribution in [0.15, 0.2) is 0 Å². The van der Waals surface area contributed by atoms with E-state index in [1.54, 1.807) is 11.9 Å². The summed E-state index contributed by atoms with van der Waals surface area (Å²) in [7, 11) is 1.62. The number of morpholine rings is 1. The Balaban J connectivity index is 2.43. The molecule has 0 spiro atoms. The Bertz CT molecular complexity index is 124. The van der Waals surface area contributed by atoms with E-state index in [2.05, 4.69) is 5.32 Å². The molecule has 4 heteroatoms. The van der Waals surface area contributed by atoms with Crippen LogP contribution in [0.25, 0.3) is 0 Å². The van der Waals surface area contributed by atoms with E-state index in [1.165, 1.54) is 6.92 Å². The molecule has 1 atom stereocenters. The molecule has 0 saturated carbocycles. The normalized spacial score (nSPS) is 26.5. The zero-order chi connectivity index (χ0) is 8.32. The van der Waals surface area contributed by atoms with Gasteiger partial charge in [0, 0.05) is 13.1 Å². The maximum Gasteiger partial charge on any atom is 0.215 e. The lowest BCUT2D eigenvalue weighted by Crippen LogP contribution is -2.55. The number of halogens is 1. The molecule has 11 heavy (non-hydrogen) atoms. The summed E-state index contributed by atoms with van der Waals surface area (Å²) in [6.45, 7) is 4.10. The number of rotatable bonds is 2. The predicted molar refractivity (Wildman–Crippen MR) is 41.0 cm³/mol. The maximum absolute atomic E-state index is 13.5.